The van der Waals surface area contributed by atoms with E-state index in [2.05, 4.69) is 13.8 Å². The molecule has 0 saturated heterocycles. The van der Waals surface area contributed by atoms with E-state index in [0.29, 0.717) is 25.5 Å². The van der Waals surface area contributed by atoms with Gasteiger partial charge >= 0.3 is 0 Å². The fourth-order valence-electron chi connectivity index (χ4n) is 2.66. The molecule has 0 spiro atoms. The average molecular weight is 306 g/mol. The molecule has 2 atom stereocenters. The highest BCUT2D eigenvalue weighted by Crippen LogP contribution is 2.37. The molecule has 2 N–H and O–H groups in total. The minimum absolute atomic E-state index is 0.0289. The Bertz CT molecular complexity index is 531. The fraction of sp³-hybridized carbons (Fsp3) is 0.588. The number of hydrogen-bond donors (Lipinski definition) is 1. The Kier molecular flexibility index (Phi) is 5.42. The van der Waals surface area contributed by atoms with E-state index in [0.717, 1.165) is 17.0 Å². The average Bonchev–Trinajstić information content (AvgIpc) is 2.49. The van der Waals surface area contributed by atoms with E-state index >= 15 is 0 Å². The van der Waals surface area contributed by atoms with Crippen molar-refractivity contribution < 1.29 is 14.3 Å². The van der Waals surface area contributed by atoms with E-state index in [1.54, 1.807) is 7.11 Å². The number of carbonyl (C=O) groups is 1. The molecule has 1 aliphatic heterocycles. The predicted molar refractivity (Wildman–Crippen MR) is 87.1 cm³/mol. The Labute approximate surface area is 132 Å². The molecular formula is C17H26N2O3. The molecule has 5 heteroatoms. The van der Waals surface area contributed by atoms with Crippen LogP contribution < -0.4 is 15.4 Å². The van der Waals surface area contributed by atoms with Crippen LogP contribution in [0.5, 0.6) is 5.75 Å². The van der Waals surface area contributed by atoms with Gasteiger partial charge in [0.2, 0.25) is 0 Å². The Morgan fingerprint density at radius 3 is 2.73 bits per heavy atom. The number of amides is 1. The normalized spacial score (nSPS) is 19.1. The highest BCUT2D eigenvalue weighted by molar-refractivity contribution is 6.00. The van der Waals surface area contributed by atoms with E-state index in [4.69, 9.17) is 15.2 Å². The van der Waals surface area contributed by atoms with Crippen LogP contribution in [0.15, 0.2) is 18.2 Å². The zero-order valence-electron chi connectivity index (χ0n) is 13.8. The smallest absolute Gasteiger partial charge is 0.268 e. The number of carbonyl (C=O) groups excluding carboxylic acids is 1. The number of benzene rings is 1. The maximum atomic E-state index is 12.6. The van der Waals surface area contributed by atoms with Crippen molar-refractivity contribution in [3.63, 3.8) is 0 Å². The van der Waals surface area contributed by atoms with Gasteiger partial charge in [0, 0.05) is 13.7 Å². The lowest BCUT2D eigenvalue weighted by molar-refractivity contribution is -0.126. The first-order chi connectivity index (χ1) is 10.5. The Balaban J connectivity index is 2.39. The van der Waals surface area contributed by atoms with Gasteiger partial charge in [0.05, 0.1) is 18.3 Å². The van der Waals surface area contributed by atoms with Crippen LogP contribution in [-0.2, 0) is 9.53 Å². The minimum Gasteiger partial charge on any atom is -0.478 e. The summed E-state index contributed by atoms with van der Waals surface area (Å²) in [6.07, 6.45) is 0.266. The molecule has 1 heterocycles. The van der Waals surface area contributed by atoms with Gasteiger partial charge in [-0.1, -0.05) is 26.8 Å². The van der Waals surface area contributed by atoms with Gasteiger partial charge in [-0.2, -0.15) is 0 Å². The Morgan fingerprint density at radius 1 is 1.41 bits per heavy atom. The molecule has 2 rings (SSSR count). The summed E-state index contributed by atoms with van der Waals surface area (Å²) in [6.45, 7) is 7.28. The monoisotopic (exact) mass is 306 g/mol. The summed E-state index contributed by atoms with van der Waals surface area (Å²) in [6, 6.07) is 5.59. The molecule has 0 aliphatic carbocycles. The van der Waals surface area contributed by atoms with Gasteiger partial charge in [-0.05, 0) is 30.0 Å². The number of nitrogens with two attached hydrogens (primary N) is 1. The zero-order valence-corrected chi connectivity index (χ0v) is 13.8. The first kappa shape index (κ1) is 16.8. The molecule has 1 amide bonds. The lowest BCUT2D eigenvalue weighted by Crippen LogP contribution is -2.47. The van der Waals surface area contributed by atoms with Crippen LogP contribution in [0.25, 0.3) is 0 Å². The maximum Gasteiger partial charge on any atom is 0.268 e. The summed E-state index contributed by atoms with van der Waals surface area (Å²) in [7, 11) is 1.63. The number of fused-ring (bicyclic) bond motifs is 1. The quantitative estimate of drug-likeness (QED) is 0.877. The van der Waals surface area contributed by atoms with Gasteiger partial charge < -0.3 is 20.1 Å². The molecule has 1 aliphatic rings. The highest BCUT2D eigenvalue weighted by Gasteiger charge is 2.33. The number of hydrogen-bond acceptors (Lipinski definition) is 4. The van der Waals surface area contributed by atoms with Crippen LogP contribution in [0.1, 0.15) is 38.8 Å². The molecule has 22 heavy (non-hydrogen) atoms. The van der Waals surface area contributed by atoms with Crippen LogP contribution in [0, 0.1) is 5.92 Å². The molecule has 0 radical (unpaired) electrons. The topological polar surface area (TPSA) is 64.8 Å². The molecule has 0 saturated carbocycles. The molecule has 2 unspecified atom stereocenters. The van der Waals surface area contributed by atoms with E-state index in [1.165, 1.54) is 0 Å². The van der Waals surface area contributed by atoms with Gasteiger partial charge in [-0.15, -0.1) is 0 Å². The van der Waals surface area contributed by atoms with E-state index in [-0.39, 0.29) is 11.9 Å². The van der Waals surface area contributed by atoms with Gasteiger partial charge in [-0.3, -0.25) is 4.79 Å². The molecule has 5 nitrogen and oxygen atoms in total. The lowest BCUT2D eigenvalue weighted by Gasteiger charge is -2.35. The number of methoxy groups -OCH3 is 1. The lowest BCUT2D eigenvalue weighted by atomic mass is 10.0. The summed E-state index contributed by atoms with van der Waals surface area (Å²) >= 11 is 0. The third-order valence-corrected chi connectivity index (χ3v) is 3.78. The SMILES string of the molecule is CCC1Oc2ccc(C(N)COC)cc2N(CC(C)C)C1=O. The zero-order chi connectivity index (χ0) is 16.3. The molecular weight excluding hydrogens is 280 g/mol. The number of nitrogens with zero attached hydrogens (tertiary/aromatic N) is 1. The van der Waals surface area contributed by atoms with Crippen molar-refractivity contribution in [2.75, 3.05) is 25.2 Å². The third-order valence-electron chi connectivity index (χ3n) is 3.78. The first-order valence-corrected chi connectivity index (χ1v) is 7.84. The van der Waals surface area contributed by atoms with Crippen LogP contribution >= 0.6 is 0 Å². The van der Waals surface area contributed by atoms with Crippen molar-refractivity contribution in [2.24, 2.45) is 11.7 Å². The van der Waals surface area contributed by atoms with Crippen molar-refractivity contribution in [2.45, 2.75) is 39.3 Å². The molecule has 0 bridgehead atoms. The second-order valence-corrected chi connectivity index (χ2v) is 6.15. The van der Waals surface area contributed by atoms with Crippen molar-refractivity contribution in [1.82, 2.24) is 0 Å². The summed E-state index contributed by atoms with van der Waals surface area (Å²) in [5.41, 5.74) is 7.86. The van der Waals surface area contributed by atoms with Crippen LogP contribution in [0.2, 0.25) is 0 Å². The molecule has 0 fully saturated rings. The highest BCUT2D eigenvalue weighted by atomic mass is 16.5. The number of rotatable bonds is 6. The standard InChI is InChI=1S/C17H26N2O3/c1-5-15-17(20)19(9-11(2)3)14-8-12(13(18)10-21-4)6-7-16(14)22-15/h6-8,11,13,15H,5,9-10,18H2,1-4H3. The van der Waals surface area contributed by atoms with E-state index < -0.39 is 6.10 Å². The van der Waals surface area contributed by atoms with Crippen molar-refractivity contribution in [3.8, 4) is 5.75 Å². The Hall–Kier alpha value is -1.59. The predicted octanol–water partition coefficient (Wildman–Crippen LogP) is 2.49. The van der Waals surface area contributed by atoms with Crippen molar-refractivity contribution >= 4 is 11.6 Å². The van der Waals surface area contributed by atoms with Gasteiger partial charge in [0.15, 0.2) is 6.10 Å². The summed E-state index contributed by atoms with van der Waals surface area (Å²) in [4.78, 5) is 14.4. The second-order valence-electron chi connectivity index (χ2n) is 6.15. The Morgan fingerprint density at radius 2 is 2.14 bits per heavy atom. The van der Waals surface area contributed by atoms with Gasteiger partial charge in [0.1, 0.15) is 5.75 Å². The summed E-state index contributed by atoms with van der Waals surface area (Å²) in [5, 5.41) is 0. The number of ether oxygens (including phenoxy) is 2. The first-order valence-electron chi connectivity index (χ1n) is 7.84. The van der Waals surface area contributed by atoms with Crippen LogP contribution in [0.3, 0.4) is 0 Å². The summed E-state index contributed by atoms with van der Waals surface area (Å²) < 4.78 is 10.9. The molecule has 1 aromatic carbocycles. The largest absolute Gasteiger partial charge is 0.478 e. The van der Waals surface area contributed by atoms with E-state index in [9.17, 15) is 4.79 Å². The maximum absolute atomic E-state index is 12.6. The minimum atomic E-state index is -0.398. The third kappa shape index (κ3) is 3.42. The molecule has 0 aromatic heterocycles. The van der Waals surface area contributed by atoms with Gasteiger partial charge in [-0.25, -0.2) is 0 Å². The van der Waals surface area contributed by atoms with Crippen LogP contribution in [-0.4, -0.2) is 32.3 Å². The van der Waals surface area contributed by atoms with E-state index in [1.807, 2.05) is 30.0 Å². The van der Waals surface area contributed by atoms with Crippen LogP contribution in [0.4, 0.5) is 5.69 Å². The van der Waals surface area contributed by atoms with Crippen molar-refractivity contribution in [3.05, 3.63) is 23.8 Å². The molecule has 1 aromatic rings. The second kappa shape index (κ2) is 7.11. The summed E-state index contributed by atoms with van der Waals surface area (Å²) in [5.74, 6) is 1.16. The number of anilines is 1. The van der Waals surface area contributed by atoms with Gasteiger partial charge in [0.25, 0.3) is 5.91 Å². The fourth-order valence-corrected chi connectivity index (χ4v) is 2.66. The van der Waals surface area contributed by atoms with Crippen molar-refractivity contribution in [1.29, 1.82) is 0 Å². The molecule has 122 valence electrons.